The van der Waals surface area contributed by atoms with Gasteiger partial charge in [-0.2, -0.15) is 26.3 Å². The number of nitrogens with zero attached hydrogens (tertiary/aromatic N) is 1. The standard InChI is InChI=1S/C21H18Cl2F6N2O2/c1-3-31(4-2)19(32)18-16(14-8-12(22)9-15(23)17(14)33-18)30-13-6-10(20(24,25)26)5-11(7-13)21(27,28)29/h5-9,16,18,30H,3-4H2,1-2H3/t16-,18-/m1/s1. The van der Waals surface area contributed by atoms with Crippen LogP contribution in [-0.2, 0) is 17.1 Å². The molecule has 1 heterocycles. The molecule has 33 heavy (non-hydrogen) atoms. The van der Waals surface area contributed by atoms with Gasteiger partial charge >= 0.3 is 12.4 Å². The number of carbonyl (C=O) groups excluding carboxylic acids is 1. The van der Waals surface area contributed by atoms with Crippen LogP contribution in [0.4, 0.5) is 32.0 Å². The molecule has 180 valence electrons. The Bertz CT molecular complexity index is 1020. The molecule has 0 bridgehead atoms. The van der Waals surface area contributed by atoms with Crippen molar-refractivity contribution >= 4 is 34.8 Å². The van der Waals surface area contributed by atoms with E-state index < -0.39 is 47.2 Å². The van der Waals surface area contributed by atoms with Crippen molar-refractivity contribution in [2.24, 2.45) is 0 Å². The molecule has 2 aromatic rings. The fourth-order valence-corrected chi connectivity index (χ4v) is 4.13. The first-order chi connectivity index (χ1) is 15.3. The molecule has 4 nitrogen and oxygen atoms in total. The zero-order chi connectivity index (χ0) is 24.7. The molecule has 0 aromatic heterocycles. The Morgan fingerprint density at radius 2 is 1.52 bits per heavy atom. The van der Waals surface area contributed by atoms with E-state index in [2.05, 4.69) is 5.32 Å². The minimum atomic E-state index is -5.02. The smallest absolute Gasteiger partial charge is 0.416 e. The highest BCUT2D eigenvalue weighted by Crippen LogP contribution is 2.46. The van der Waals surface area contributed by atoms with Crippen LogP contribution in [0, 0.1) is 0 Å². The predicted molar refractivity (Wildman–Crippen MR) is 112 cm³/mol. The second-order valence-electron chi connectivity index (χ2n) is 7.27. The maximum atomic E-state index is 13.3. The van der Waals surface area contributed by atoms with Crippen LogP contribution in [0.1, 0.15) is 36.6 Å². The van der Waals surface area contributed by atoms with Crippen molar-refractivity contribution in [2.45, 2.75) is 38.3 Å². The molecule has 1 amide bonds. The summed E-state index contributed by atoms with van der Waals surface area (Å²) in [6, 6.07) is 2.71. The SMILES string of the molecule is CCN(CC)C(=O)[C@@H]1Oc2c(Cl)cc(Cl)cc2[C@H]1Nc1cc(C(F)(F)F)cc(C(F)(F)F)c1. The lowest BCUT2D eigenvalue weighted by Gasteiger charge is -2.27. The monoisotopic (exact) mass is 514 g/mol. The van der Waals surface area contributed by atoms with Gasteiger partial charge in [-0.15, -0.1) is 0 Å². The van der Waals surface area contributed by atoms with Crippen molar-refractivity contribution in [3.63, 3.8) is 0 Å². The van der Waals surface area contributed by atoms with Crippen molar-refractivity contribution in [1.29, 1.82) is 0 Å². The van der Waals surface area contributed by atoms with Crippen molar-refractivity contribution in [2.75, 3.05) is 18.4 Å². The fraction of sp³-hybridized carbons (Fsp3) is 0.381. The van der Waals surface area contributed by atoms with Gasteiger partial charge in [0.1, 0.15) is 11.8 Å². The highest BCUT2D eigenvalue weighted by molar-refractivity contribution is 6.35. The number of halogens is 8. The third kappa shape index (κ3) is 5.27. The molecule has 0 saturated heterocycles. The number of hydrogen-bond acceptors (Lipinski definition) is 3. The Morgan fingerprint density at radius 3 is 2.00 bits per heavy atom. The van der Waals surface area contributed by atoms with Crippen LogP contribution in [0.5, 0.6) is 5.75 Å². The number of nitrogens with one attached hydrogen (secondary N) is 1. The van der Waals surface area contributed by atoms with Crippen LogP contribution < -0.4 is 10.1 Å². The first kappa shape index (κ1) is 25.3. The molecule has 0 radical (unpaired) electrons. The van der Waals surface area contributed by atoms with Gasteiger partial charge in [0, 0.05) is 29.4 Å². The number of benzene rings is 2. The summed E-state index contributed by atoms with van der Waals surface area (Å²) in [6.07, 6.45) is -11.3. The summed E-state index contributed by atoms with van der Waals surface area (Å²) in [5.41, 5.74) is -3.24. The fourth-order valence-electron chi connectivity index (χ4n) is 3.57. The number of rotatable bonds is 5. The van der Waals surface area contributed by atoms with E-state index in [1.165, 1.54) is 17.0 Å². The molecule has 3 rings (SSSR count). The van der Waals surface area contributed by atoms with E-state index in [-0.39, 0.29) is 27.4 Å². The third-order valence-electron chi connectivity index (χ3n) is 5.15. The summed E-state index contributed by atoms with van der Waals surface area (Å²) in [5.74, 6) is -0.434. The van der Waals surface area contributed by atoms with E-state index in [1.54, 1.807) is 13.8 Å². The van der Waals surface area contributed by atoms with E-state index in [4.69, 9.17) is 27.9 Å². The van der Waals surface area contributed by atoms with Gasteiger partial charge < -0.3 is 15.0 Å². The van der Waals surface area contributed by atoms with Crippen molar-refractivity contribution in [3.8, 4) is 5.75 Å². The summed E-state index contributed by atoms with van der Waals surface area (Å²) < 4.78 is 85.4. The summed E-state index contributed by atoms with van der Waals surface area (Å²) in [7, 11) is 0. The number of carbonyl (C=O) groups is 1. The molecule has 1 N–H and O–H groups in total. The molecule has 0 aliphatic carbocycles. The van der Waals surface area contributed by atoms with Gasteiger partial charge in [0.15, 0.2) is 0 Å². The zero-order valence-electron chi connectivity index (χ0n) is 17.2. The minimum absolute atomic E-state index is 0.0244. The van der Waals surface area contributed by atoms with Crippen molar-refractivity contribution in [1.82, 2.24) is 4.90 Å². The van der Waals surface area contributed by atoms with Crippen LogP contribution in [-0.4, -0.2) is 30.0 Å². The lowest BCUT2D eigenvalue weighted by molar-refractivity contribution is -0.143. The summed E-state index contributed by atoms with van der Waals surface area (Å²) in [4.78, 5) is 14.5. The molecule has 1 aliphatic heterocycles. The largest absolute Gasteiger partial charge is 0.476 e. The predicted octanol–water partition coefficient (Wildman–Crippen LogP) is 6.81. The number of hydrogen-bond donors (Lipinski definition) is 1. The van der Waals surface area contributed by atoms with Crippen molar-refractivity contribution in [3.05, 3.63) is 57.1 Å². The second-order valence-corrected chi connectivity index (χ2v) is 8.12. The molecule has 0 spiro atoms. The summed E-state index contributed by atoms with van der Waals surface area (Å²) in [5, 5.41) is 2.83. The van der Waals surface area contributed by atoms with Gasteiger partial charge in [0.05, 0.1) is 16.1 Å². The number of likely N-dealkylation sites (N-methyl/N-ethyl adjacent to an activating group) is 1. The van der Waals surface area contributed by atoms with E-state index >= 15 is 0 Å². The van der Waals surface area contributed by atoms with Crippen LogP contribution >= 0.6 is 23.2 Å². The van der Waals surface area contributed by atoms with Gasteiger partial charge in [-0.3, -0.25) is 4.79 Å². The minimum Gasteiger partial charge on any atom is -0.476 e. The summed E-state index contributed by atoms with van der Waals surface area (Å²) in [6.45, 7) is 4.07. The number of alkyl halides is 6. The Kier molecular flexibility index (Phi) is 7.00. The van der Waals surface area contributed by atoms with Gasteiger partial charge in [0.2, 0.25) is 6.10 Å². The molecule has 0 unspecified atom stereocenters. The maximum Gasteiger partial charge on any atom is 0.416 e. The number of amides is 1. The topological polar surface area (TPSA) is 41.6 Å². The third-order valence-corrected chi connectivity index (χ3v) is 5.65. The van der Waals surface area contributed by atoms with Crippen LogP contribution in [0.3, 0.4) is 0 Å². The van der Waals surface area contributed by atoms with Gasteiger partial charge in [0.25, 0.3) is 5.91 Å². The molecule has 0 saturated carbocycles. The molecule has 12 heteroatoms. The average molecular weight is 515 g/mol. The molecular formula is C21H18Cl2F6N2O2. The van der Waals surface area contributed by atoms with Crippen LogP contribution in [0.25, 0.3) is 0 Å². The Balaban J connectivity index is 2.11. The van der Waals surface area contributed by atoms with Gasteiger partial charge in [-0.1, -0.05) is 23.2 Å². The van der Waals surface area contributed by atoms with Gasteiger partial charge in [-0.05, 0) is 44.2 Å². The first-order valence-electron chi connectivity index (χ1n) is 9.76. The van der Waals surface area contributed by atoms with Crippen LogP contribution in [0.2, 0.25) is 10.0 Å². The lowest BCUT2D eigenvalue weighted by atomic mass is 10.0. The Labute approximate surface area is 195 Å². The van der Waals surface area contributed by atoms with Crippen molar-refractivity contribution < 1.29 is 35.9 Å². The van der Waals surface area contributed by atoms with E-state index in [9.17, 15) is 31.1 Å². The van der Waals surface area contributed by atoms with Gasteiger partial charge in [-0.25, -0.2) is 0 Å². The zero-order valence-corrected chi connectivity index (χ0v) is 18.8. The molecule has 2 aromatic carbocycles. The average Bonchev–Trinajstić information content (AvgIpc) is 3.06. The molecule has 1 aliphatic rings. The van der Waals surface area contributed by atoms with Crippen LogP contribution in [0.15, 0.2) is 30.3 Å². The highest BCUT2D eigenvalue weighted by atomic mass is 35.5. The van der Waals surface area contributed by atoms with E-state index in [0.29, 0.717) is 25.2 Å². The number of anilines is 1. The number of ether oxygens (including phenoxy) is 1. The maximum absolute atomic E-state index is 13.3. The van der Waals surface area contributed by atoms with E-state index in [0.717, 1.165) is 0 Å². The molecule has 2 atom stereocenters. The highest BCUT2D eigenvalue weighted by Gasteiger charge is 2.43. The first-order valence-corrected chi connectivity index (χ1v) is 10.5. The summed E-state index contributed by atoms with van der Waals surface area (Å²) >= 11 is 12.2. The lowest BCUT2D eigenvalue weighted by Crippen LogP contribution is -2.44. The Hall–Kier alpha value is -2.33. The Morgan fingerprint density at radius 1 is 0.970 bits per heavy atom. The molecular weight excluding hydrogens is 497 g/mol. The molecule has 0 fully saturated rings. The van der Waals surface area contributed by atoms with E-state index in [1.807, 2.05) is 0 Å². The quantitative estimate of drug-likeness (QED) is 0.445. The number of fused-ring (bicyclic) bond motifs is 1. The normalized spacial score (nSPS) is 18.0. The second kappa shape index (κ2) is 9.13.